The fourth-order valence-electron chi connectivity index (χ4n) is 4.66. The Labute approximate surface area is 214 Å². The highest BCUT2D eigenvalue weighted by atomic mass is 16.7. The summed E-state index contributed by atoms with van der Waals surface area (Å²) in [5, 5.41) is 12.1. The third kappa shape index (κ3) is 5.07. The van der Waals surface area contributed by atoms with Crippen LogP contribution in [0.4, 0.5) is 0 Å². The molecule has 0 aliphatic carbocycles. The zero-order valence-electron chi connectivity index (χ0n) is 21.0. The quantitative estimate of drug-likeness (QED) is 0.251. The number of benzene rings is 1. The molecule has 0 atom stereocenters. The third-order valence-corrected chi connectivity index (χ3v) is 6.69. The van der Waals surface area contributed by atoms with E-state index in [4.69, 9.17) is 19.9 Å². The molecule has 0 fully saturated rings. The van der Waals surface area contributed by atoms with Crippen LogP contribution in [0.15, 0.2) is 53.5 Å². The average molecular weight is 502 g/mol. The lowest BCUT2D eigenvalue weighted by molar-refractivity contribution is 0.0948. The van der Waals surface area contributed by atoms with Crippen LogP contribution in [0.5, 0.6) is 11.5 Å². The summed E-state index contributed by atoms with van der Waals surface area (Å²) >= 11 is 0. The first-order chi connectivity index (χ1) is 18.1. The average Bonchev–Trinajstić information content (AvgIpc) is 3.38. The maximum Gasteiger partial charge on any atom is 0.267 e. The van der Waals surface area contributed by atoms with Gasteiger partial charge in [0.05, 0.1) is 10.9 Å². The molecule has 1 amide bonds. The number of fused-ring (bicyclic) bond motifs is 3. The Morgan fingerprint density at radius 1 is 1.05 bits per heavy atom. The molecule has 4 aromatic rings. The Hall–Kier alpha value is -4.14. The predicted molar refractivity (Wildman–Crippen MR) is 140 cm³/mol. The minimum absolute atomic E-state index is 0.0522. The van der Waals surface area contributed by atoms with Crippen molar-refractivity contribution in [3.63, 3.8) is 0 Å². The number of aromatic nitrogens is 3. The van der Waals surface area contributed by atoms with Crippen molar-refractivity contribution < 1.29 is 14.3 Å². The molecule has 0 bridgehead atoms. The Bertz CT molecular complexity index is 1570. The van der Waals surface area contributed by atoms with Crippen LogP contribution in [-0.2, 0) is 13.1 Å². The lowest BCUT2D eigenvalue weighted by Crippen LogP contribution is -2.34. The maximum absolute atomic E-state index is 13.4. The second kappa shape index (κ2) is 10.9. The van der Waals surface area contributed by atoms with Crippen molar-refractivity contribution in [2.45, 2.75) is 58.5 Å². The minimum Gasteiger partial charge on any atom is -0.454 e. The predicted octanol–water partition coefficient (Wildman–Crippen LogP) is 4.15. The van der Waals surface area contributed by atoms with Crippen molar-refractivity contribution in [2.24, 2.45) is 0 Å². The summed E-state index contributed by atoms with van der Waals surface area (Å²) in [6.45, 7) is 3.13. The fourth-order valence-corrected chi connectivity index (χ4v) is 4.66. The molecule has 0 saturated carbocycles. The highest BCUT2D eigenvalue weighted by Gasteiger charge is 2.18. The summed E-state index contributed by atoms with van der Waals surface area (Å²) < 4.78 is 13.9. The van der Waals surface area contributed by atoms with Crippen molar-refractivity contribution >= 4 is 22.6 Å². The summed E-state index contributed by atoms with van der Waals surface area (Å²) in [4.78, 5) is 31.3. The van der Waals surface area contributed by atoms with E-state index >= 15 is 0 Å². The van der Waals surface area contributed by atoms with Crippen LogP contribution in [-0.4, -0.2) is 26.7 Å². The molecular formula is C28H31N5O4. The van der Waals surface area contributed by atoms with Gasteiger partial charge in [-0.2, -0.15) is 0 Å². The van der Waals surface area contributed by atoms with Crippen LogP contribution in [0.1, 0.15) is 61.4 Å². The van der Waals surface area contributed by atoms with Gasteiger partial charge in [-0.1, -0.05) is 51.2 Å². The van der Waals surface area contributed by atoms with E-state index in [1.165, 1.54) is 29.7 Å². The first-order valence-electron chi connectivity index (χ1n) is 12.8. The standard InChI is InChI=1S/C28H31N5O4/c1-2-3-4-5-6-8-14-33-25(29)20(16-21-26(33)31-24-10-7-9-13-32(24)28(21)35)27(34)30-17-19-11-12-22-23(15-19)37-18-36-22/h7,9-13,15-16,29H,2-6,8,14,17-18H2,1H3,(H,30,34). The zero-order chi connectivity index (χ0) is 25.8. The maximum atomic E-state index is 13.4. The second-order valence-corrected chi connectivity index (χ2v) is 9.28. The number of nitrogens with one attached hydrogen (secondary N) is 2. The lowest BCUT2D eigenvalue weighted by Gasteiger charge is -2.15. The number of aryl methyl sites for hydroxylation is 1. The number of rotatable bonds is 10. The normalized spacial score (nSPS) is 12.4. The molecule has 1 aliphatic rings. The molecule has 2 N–H and O–H groups in total. The first-order valence-corrected chi connectivity index (χ1v) is 12.8. The van der Waals surface area contributed by atoms with Crippen LogP contribution in [0.3, 0.4) is 0 Å². The van der Waals surface area contributed by atoms with Crippen LogP contribution in [0.25, 0.3) is 16.7 Å². The topological polar surface area (TPSA) is 111 Å². The molecule has 3 aromatic heterocycles. The van der Waals surface area contributed by atoms with Crippen LogP contribution in [0, 0.1) is 5.41 Å². The van der Waals surface area contributed by atoms with E-state index in [0.717, 1.165) is 24.8 Å². The van der Waals surface area contributed by atoms with Crippen molar-refractivity contribution in [2.75, 3.05) is 6.79 Å². The number of unbranched alkanes of at least 4 members (excludes halogenated alkanes) is 5. The molecule has 0 unspecified atom stereocenters. The monoisotopic (exact) mass is 501 g/mol. The first kappa shape index (κ1) is 24.5. The Balaban J connectivity index is 1.47. The molecule has 0 radical (unpaired) electrons. The van der Waals surface area contributed by atoms with Crippen molar-refractivity contribution in [1.29, 1.82) is 5.41 Å². The van der Waals surface area contributed by atoms with Gasteiger partial charge in [-0.05, 0) is 42.3 Å². The number of hydrogen-bond donors (Lipinski definition) is 2. The number of hydrogen-bond acceptors (Lipinski definition) is 6. The van der Waals surface area contributed by atoms with Crippen molar-refractivity contribution in [1.82, 2.24) is 19.3 Å². The van der Waals surface area contributed by atoms with E-state index in [0.29, 0.717) is 34.7 Å². The minimum atomic E-state index is -0.418. The van der Waals surface area contributed by atoms with Gasteiger partial charge in [0, 0.05) is 19.3 Å². The number of ether oxygens (including phenoxy) is 2. The smallest absolute Gasteiger partial charge is 0.267 e. The molecule has 0 spiro atoms. The van der Waals surface area contributed by atoms with Gasteiger partial charge >= 0.3 is 0 Å². The van der Waals surface area contributed by atoms with Crippen molar-refractivity contribution in [3.8, 4) is 11.5 Å². The van der Waals surface area contributed by atoms with Gasteiger partial charge in [-0.15, -0.1) is 0 Å². The SMILES string of the molecule is CCCCCCCCn1c(=N)c(C(=O)NCc2ccc3c(c2)OCO3)cc2c(=O)n3ccccc3nc21. The number of pyridine rings is 2. The lowest BCUT2D eigenvalue weighted by atomic mass is 10.1. The molecule has 1 aliphatic heterocycles. The van der Waals surface area contributed by atoms with Crippen molar-refractivity contribution in [3.05, 3.63) is 75.6 Å². The van der Waals surface area contributed by atoms with Gasteiger partial charge in [-0.25, -0.2) is 4.98 Å². The fraction of sp³-hybridized carbons (Fsp3) is 0.357. The summed E-state index contributed by atoms with van der Waals surface area (Å²) in [6, 6.07) is 12.4. The highest BCUT2D eigenvalue weighted by Crippen LogP contribution is 2.32. The summed E-state index contributed by atoms with van der Waals surface area (Å²) in [5.41, 5.74) is 1.73. The largest absolute Gasteiger partial charge is 0.454 e. The Morgan fingerprint density at radius 2 is 1.86 bits per heavy atom. The van der Waals surface area contributed by atoms with E-state index in [1.54, 1.807) is 22.9 Å². The number of nitrogens with zero attached hydrogens (tertiary/aromatic N) is 3. The Morgan fingerprint density at radius 3 is 2.73 bits per heavy atom. The molecule has 4 heterocycles. The molecule has 192 valence electrons. The Kier molecular flexibility index (Phi) is 7.20. The zero-order valence-corrected chi connectivity index (χ0v) is 21.0. The van der Waals surface area contributed by atoms with Crippen LogP contribution < -0.4 is 25.8 Å². The third-order valence-electron chi connectivity index (χ3n) is 6.69. The molecular weight excluding hydrogens is 470 g/mol. The summed E-state index contributed by atoms with van der Waals surface area (Å²) in [6.07, 6.45) is 8.21. The summed E-state index contributed by atoms with van der Waals surface area (Å²) in [5.74, 6) is 0.897. The van der Waals surface area contributed by atoms with E-state index in [9.17, 15) is 9.59 Å². The molecule has 1 aromatic carbocycles. The molecule has 5 rings (SSSR count). The molecule has 0 saturated heterocycles. The summed E-state index contributed by atoms with van der Waals surface area (Å²) in [7, 11) is 0. The highest BCUT2D eigenvalue weighted by molar-refractivity contribution is 5.96. The van der Waals surface area contributed by atoms with E-state index in [1.807, 2.05) is 24.3 Å². The van der Waals surface area contributed by atoms with Crippen LogP contribution in [0.2, 0.25) is 0 Å². The van der Waals surface area contributed by atoms with Gasteiger partial charge in [0.2, 0.25) is 6.79 Å². The number of amides is 1. The second-order valence-electron chi connectivity index (χ2n) is 9.28. The van der Waals surface area contributed by atoms with Gasteiger partial charge in [-0.3, -0.25) is 19.4 Å². The number of carbonyl (C=O) groups is 1. The number of carbonyl (C=O) groups excluding carboxylic acids is 1. The molecule has 37 heavy (non-hydrogen) atoms. The van der Waals surface area contributed by atoms with Crippen LogP contribution >= 0.6 is 0 Å². The molecule has 9 nitrogen and oxygen atoms in total. The van der Waals surface area contributed by atoms with Gasteiger partial charge in [0.1, 0.15) is 16.8 Å². The van der Waals surface area contributed by atoms with E-state index < -0.39 is 5.91 Å². The van der Waals surface area contributed by atoms with Gasteiger partial charge in [0.25, 0.3) is 11.5 Å². The van der Waals surface area contributed by atoms with E-state index in [-0.39, 0.29) is 29.9 Å². The molecule has 9 heteroatoms. The van der Waals surface area contributed by atoms with Gasteiger partial charge < -0.3 is 19.4 Å². The van der Waals surface area contributed by atoms with E-state index in [2.05, 4.69) is 12.2 Å². The van der Waals surface area contributed by atoms with Gasteiger partial charge in [0.15, 0.2) is 11.5 Å².